The fourth-order valence-corrected chi connectivity index (χ4v) is 4.06. The van der Waals surface area contributed by atoms with E-state index in [4.69, 9.17) is 15.9 Å². The molecule has 218 valence electrons. The second-order valence-corrected chi connectivity index (χ2v) is 9.85. The van der Waals surface area contributed by atoms with Gasteiger partial charge >= 0.3 is 17.9 Å². The molecular weight excluding hydrogens is 526 g/mol. The predicted octanol–water partition coefficient (Wildman–Crippen LogP) is -0.0377. The predicted molar refractivity (Wildman–Crippen MR) is 142 cm³/mol. The van der Waals surface area contributed by atoms with E-state index in [1.54, 1.807) is 26.1 Å². The highest BCUT2D eigenvalue weighted by atomic mass is 16.4. The Labute approximate surface area is 229 Å². The minimum atomic E-state index is -1.49. The highest BCUT2D eigenvalue weighted by molar-refractivity contribution is 5.95. The van der Waals surface area contributed by atoms with E-state index in [1.165, 1.54) is 0 Å². The van der Waals surface area contributed by atoms with Gasteiger partial charge in [-0.05, 0) is 30.4 Å². The van der Waals surface area contributed by atoms with Gasteiger partial charge in [-0.15, -0.1) is 0 Å². The highest BCUT2D eigenvalue weighted by Crippen LogP contribution is 2.19. The molecule has 0 aliphatic rings. The number of carboxylic acid groups (broad SMARTS) is 3. The van der Waals surface area contributed by atoms with E-state index >= 15 is 0 Å². The number of aromatic amines is 1. The summed E-state index contributed by atoms with van der Waals surface area (Å²) in [6.45, 7) is 3.56. The summed E-state index contributed by atoms with van der Waals surface area (Å²) < 4.78 is 0. The van der Waals surface area contributed by atoms with Gasteiger partial charge in [-0.2, -0.15) is 0 Å². The number of benzene rings is 1. The number of carbonyl (C=O) groups excluding carboxylic acids is 3. The van der Waals surface area contributed by atoms with Crippen molar-refractivity contribution < 1.29 is 44.1 Å². The van der Waals surface area contributed by atoms with Gasteiger partial charge in [0.15, 0.2) is 0 Å². The number of nitrogens with two attached hydrogens (primary N) is 1. The lowest BCUT2D eigenvalue weighted by Crippen LogP contribution is -2.58. The molecule has 0 aliphatic heterocycles. The first-order valence-electron chi connectivity index (χ1n) is 12.7. The molecule has 40 heavy (non-hydrogen) atoms. The van der Waals surface area contributed by atoms with E-state index in [-0.39, 0.29) is 25.2 Å². The molecule has 2 rings (SSSR count). The van der Waals surface area contributed by atoms with Crippen molar-refractivity contribution in [3.8, 4) is 0 Å². The highest BCUT2D eigenvalue weighted by Gasteiger charge is 2.31. The molecule has 0 saturated carbocycles. The van der Waals surface area contributed by atoms with Crippen LogP contribution in [0.2, 0.25) is 0 Å². The lowest BCUT2D eigenvalue weighted by atomic mass is 10.00. The van der Waals surface area contributed by atoms with E-state index < -0.39 is 72.6 Å². The number of amides is 3. The average molecular weight is 562 g/mol. The van der Waals surface area contributed by atoms with Crippen molar-refractivity contribution in [3.63, 3.8) is 0 Å². The van der Waals surface area contributed by atoms with E-state index in [1.807, 2.05) is 18.2 Å². The third-order valence-electron chi connectivity index (χ3n) is 6.06. The van der Waals surface area contributed by atoms with Crippen molar-refractivity contribution in [3.05, 3.63) is 36.0 Å². The number of fused-ring (bicyclic) bond motifs is 1. The Morgan fingerprint density at radius 1 is 0.850 bits per heavy atom. The fraction of sp³-hybridized carbons (Fsp3) is 0.462. The van der Waals surface area contributed by atoms with Crippen molar-refractivity contribution in [2.24, 2.45) is 11.7 Å². The molecule has 2 aromatic rings. The van der Waals surface area contributed by atoms with Crippen LogP contribution in [0, 0.1) is 5.92 Å². The van der Waals surface area contributed by atoms with E-state index in [0.29, 0.717) is 5.56 Å². The first-order valence-corrected chi connectivity index (χ1v) is 12.7. The molecule has 4 unspecified atom stereocenters. The average Bonchev–Trinajstić information content (AvgIpc) is 3.27. The lowest BCUT2D eigenvalue weighted by Gasteiger charge is -2.26. The van der Waals surface area contributed by atoms with Crippen molar-refractivity contribution in [1.29, 1.82) is 0 Å². The van der Waals surface area contributed by atoms with Crippen molar-refractivity contribution in [2.45, 2.75) is 70.1 Å². The molecule has 14 heteroatoms. The van der Waals surface area contributed by atoms with Crippen LogP contribution in [-0.4, -0.2) is 80.1 Å². The second kappa shape index (κ2) is 14.6. The number of nitrogens with one attached hydrogen (secondary N) is 4. The minimum Gasteiger partial charge on any atom is -0.481 e. The summed E-state index contributed by atoms with van der Waals surface area (Å²) in [4.78, 5) is 75.7. The van der Waals surface area contributed by atoms with Crippen molar-refractivity contribution in [1.82, 2.24) is 20.9 Å². The molecule has 1 heterocycles. The third-order valence-corrected chi connectivity index (χ3v) is 6.06. The molecular formula is C26H35N5O9. The maximum atomic E-state index is 13.4. The lowest BCUT2D eigenvalue weighted by molar-refractivity contribution is -0.143. The molecule has 1 aromatic carbocycles. The van der Waals surface area contributed by atoms with Gasteiger partial charge in [-0.3, -0.25) is 24.0 Å². The zero-order chi connectivity index (χ0) is 30.0. The van der Waals surface area contributed by atoms with Crippen LogP contribution >= 0.6 is 0 Å². The zero-order valence-electron chi connectivity index (χ0n) is 22.2. The Morgan fingerprint density at radius 3 is 2.05 bits per heavy atom. The fourth-order valence-electron chi connectivity index (χ4n) is 4.06. The zero-order valence-corrected chi connectivity index (χ0v) is 22.2. The minimum absolute atomic E-state index is 0.0340. The number of aliphatic carboxylic acids is 3. The SMILES string of the molecule is CC(C)CC(NC(=O)C(Cc1c[nH]c2ccccc12)NC(=O)C(N)CC(=O)O)C(=O)NC(CCC(=O)O)C(=O)O. The molecule has 0 aliphatic carbocycles. The van der Waals surface area contributed by atoms with Crippen LogP contribution in [0.5, 0.6) is 0 Å². The first-order chi connectivity index (χ1) is 18.8. The number of rotatable bonds is 16. The summed E-state index contributed by atoms with van der Waals surface area (Å²) in [6.07, 6.45) is 0.210. The summed E-state index contributed by atoms with van der Waals surface area (Å²) in [5.74, 6) is -6.58. The molecule has 9 N–H and O–H groups in total. The molecule has 1 aromatic heterocycles. The van der Waals surface area contributed by atoms with Crippen molar-refractivity contribution >= 4 is 46.5 Å². The quantitative estimate of drug-likeness (QED) is 0.136. The topological polar surface area (TPSA) is 241 Å². The number of para-hydroxylation sites is 1. The standard InChI is InChI=1S/C26H35N5O9/c1-13(2)9-19(24(37)29-18(26(39)40)7-8-21(32)33)31-25(38)20(30-23(36)16(27)11-22(34)35)10-14-12-28-17-6-4-3-5-15(14)17/h3-6,12-13,16,18-20,28H,7-11,27H2,1-2H3,(H,29,37)(H,30,36)(H,31,38)(H,32,33)(H,34,35)(H,39,40). The normalized spacial score (nSPS) is 14.1. The van der Waals surface area contributed by atoms with E-state index in [2.05, 4.69) is 20.9 Å². The largest absolute Gasteiger partial charge is 0.481 e. The molecule has 0 saturated heterocycles. The van der Waals surface area contributed by atoms with E-state index in [9.17, 15) is 33.9 Å². The molecule has 3 amide bonds. The van der Waals surface area contributed by atoms with Gasteiger partial charge in [-0.1, -0.05) is 32.0 Å². The smallest absolute Gasteiger partial charge is 0.326 e. The molecule has 0 radical (unpaired) electrons. The van der Waals surface area contributed by atoms with Gasteiger partial charge in [0.25, 0.3) is 0 Å². The van der Waals surface area contributed by atoms with Crippen molar-refractivity contribution in [2.75, 3.05) is 0 Å². The molecule has 0 spiro atoms. The van der Waals surface area contributed by atoms with Crippen LogP contribution in [0.4, 0.5) is 0 Å². The van der Waals surface area contributed by atoms with Gasteiger partial charge in [0.05, 0.1) is 12.5 Å². The number of carboxylic acids is 3. The Hall–Kier alpha value is -4.46. The number of carbonyl (C=O) groups is 6. The molecule has 0 fully saturated rings. The van der Waals surface area contributed by atoms with E-state index in [0.717, 1.165) is 10.9 Å². The molecule has 14 nitrogen and oxygen atoms in total. The van der Waals surface area contributed by atoms with Gasteiger partial charge in [0.1, 0.15) is 18.1 Å². The van der Waals surface area contributed by atoms with Crippen LogP contribution in [0.15, 0.2) is 30.5 Å². The summed E-state index contributed by atoms with van der Waals surface area (Å²) in [5, 5.41) is 35.4. The van der Waals surface area contributed by atoms with Gasteiger partial charge in [0.2, 0.25) is 17.7 Å². The summed E-state index contributed by atoms with van der Waals surface area (Å²) in [7, 11) is 0. The van der Waals surface area contributed by atoms with Crippen LogP contribution < -0.4 is 21.7 Å². The first kappa shape index (κ1) is 31.8. The summed E-state index contributed by atoms with van der Waals surface area (Å²) in [6, 6.07) is 1.83. The third kappa shape index (κ3) is 9.69. The number of H-pyrrole nitrogens is 1. The number of aromatic nitrogens is 1. The second-order valence-electron chi connectivity index (χ2n) is 9.85. The molecule has 4 atom stereocenters. The summed E-state index contributed by atoms with van der Waals surface area (Å²) >= 11 is 0. The van der Waals surface area contributed by atoms with Gasteiger partial charge in [-0.25, -0.2) is 4.79 Å². The Bertz CT molecular complexity index is 1240. The Morgan fingerprint density at radius 2 is 1.45 bits per heavy atom. The Kier molecular flexibility index (Phi) is 11.6. The van der Waals surface area contributed by atoms with Crippen LogP contribution in [0.3, 0.4) is 0 Å². The maximum absolute atomic E-state index is 13.4. The number of hydrogen-bond donors (Lipinski definition) is 8. The Balaban J connectivity index is 2.30. The van der Waals surface area contributed by atoms with Gasteiger partial charge < -0.3 is 42.0 Å². The maximum Gasteiger partial charge on any atom is 0.326 e. The number of hydrogen-bond acceptors (Lipinski definition) is 7. The van der Waals surface area contributed by atoms with Crippen LogP contribution in [0.1, 0.15) is 45.1 Å². The van der Waals surface area contributed by atoms with Gasteiger partial charge in [0, 0.05) is 29.9 Å². The monoisotopic (exact) mass is 561 g/mol. The van der Waals surface area contributed by atoms with Crippen LogP contribution in [-0.2, 0) is 35.2 Å². The van der Waals surface area contributed by atoms with Crippen LogP contribution in [0.25, 0.3) is 10.9 Å². The molecule has 0 bridgehead atoms. The summed E-state index contributed by atoms with van der Waals surface area (Å²) in [5.41, 5.74) is 7.13.